The zero-order valence-corrected chi connectivity index (χ0v) is 15.8. The van der Waals surface area contributed by atoms with Gasteiger partial charge in [0.25, 0.3) is 0 Å². The molecule has 1 amide bonds. The van der Waals surface area contributed by atoms with Gasteiger partial charge in [-0.2, -0.15) is 4.31 Å². The Hall–Kier alpha value is -1.91. The fraction of sp³-hybridized carbons (Fsp3) is 0.625. The number of esters is 1. The van der Waals surface area contributed by atoms with Crippen LogP contribution in [0.2, 0.25) is 0 Å². The van der Waals surface area contributed by atoms with Gasteiger partial charge in [0, 0.05) is 38.2 Å². The van der Waals surface area contributed by atoms with Crippen LogP contribution in [-0.4, -0.2) is 57.4 Å². The standard InChI is InChI=1S/C16H25N3O6S/c1-11-14(9-13(25-11)16(21)24-2)26(22,23)19-8-4-3-5-12(19)10-18-15(20)6-7-17/h9,12H,3-8,10,17H2,1-2H3,(H,18,20). The molecular weight excluding hydrogens is 362 g/mol. The van der Waals surface area contributed by atoms with Crippen LogP contribution in [0.15, 0.2) is 15.4 Å². The number of hydrogen-bond donors (Lipinski definition) is 2. The van der Waals surface area contributed by atoms with Gasteiger partial charge in [0.1, 0.15) is 10.7 Å². The molecule has 2 heterocycles. The zero-order valence-electron chi connectivity index (χ0n) is 15.0. The lowest BCUT2D eigenvalue weighted by Crippen LogP contribution is -2.49. The average molecular weight is 387 g/mol. The molecule has 1 saturated heterocycles. The third-order valence-corrected chi connectivity index (χ3v) is 6.38. The minimum atomic E-state index is -3.87. The fourth-order valence-electron chi connectivity index (χ4n) is 2.99. The third kappa shape index (κ3) is 4.43. The van der Waals surface area contributed by atoms with Gasteiger partial charge in [-0.05, 0) is 19.8 Å². The molecule has 10 heteroatoms. The molecule has 0 aliphatic carbocycles. The van der Waals surface area contributed by atoms with Crippen LogP contribution in [0.4, 0.5) is 0 Å². The maximum Gasteiger partial charge on any atom is 0.373 e. The summed E-state index contributed by atoms with van der Waals surface area (Å²) in [6.07, 6.45) is 2.44. The van der Waals surface area contributed by atoms with Crippen molar-refractivity contribution >= 4 is 21.9 Å². The highest BCUT2D eigenvalue weighted by Crippen LogP contribution is 2.29. The Balaban J connectivity index is 2.23. The van der Waals surface area contributed by atoms with Gasteiger partial charge < -0.3 is 20.2 Å². The van der Waals surface area contributed by atoms with Crippen LogP contribution in [0.3, 0.4) is 0 Å². The molecule has 1 aliphatic rings. The molecule has 0 saturated carbocycles. The smallest absolute Gasteiger partial charge is 0.373 e. The molecule has 1 fully saturated rings. The van der Waals surface area contributed by atoms with Crippen molar-refractivity contribution in [1.82, 2.24) is 9.62 Å². The van der Waals surface area contributed by atoms with Crippen LogP contribution in [0.5, 0.6) is 0 Å². The average Bonchev–Trinajstić information content (AvgIpc) is 3.02. The lowest BCUT2D eigenvalue weighted by atomic mass is 10.1. The molecule has 1 aromatic rings. The van der Waals surface area contributed by atoms with Crippen LogP contribution in [0, 0.1) is 6.92 Å². The van der Waals surface area contributed by atoms with Crippen molar-refractivity contribution < 1.29 is 27.2 Å². The van der Waals surface area contributed by atoms with E-state index in [9.17, 15) is 18.0 Å². The van der Waals surface area contributed by atoms with Crippen molar-refractivity contribution in [1.29, 1.82) is 0 Å². The van der Waals surface area contributed by atoms with E-state index in [1.807, 2.05) is 0 Å². The molecule has 0 spiro atoms. The number of carbonyl (C=O) groups excluding carboxylic acids is 2. The van der Waals surface area contributed by atoms with Crippen molar-refractivity contribution in [2.75, 3.05) is 26.7 Å². The second-order valence-electron chi connectivity index (χ2n) is 6.13. The van der Waals surface area contributed by atoms with Gasteiger partial charge in [0.2, 0.25) is 21.7 Å². The lowest BCUT2D eigenvalue weighted by Gasteiger charge is -2.34. The molecule has 1 unspecified atom stereocenters. The summed E-state index contributed by atoms with van der Waals surface area (Å²) in [6, 6.07) is 0.834. The maximum atomic E-state index is 13.1. The van der Waals surface area contributed by atoms with E-state index in [-0.39, 0.29) is 47.9 Å². The first kappa shape index (κ1) is 20.4. The Bertz CT molecular complexity index is 758. The van der Waals surface area contributed by atoms with E-state index in [0.29, 0.717) is 13.0 Å². The van der Waals surface area contributed by atoms with Crippen LogP contribution < -0.4 is 11.1 Å². The summed E-state index contributed by atoms with van der Waals surface area (Å²) in [5.74, 6) is -0.975. The molecule has 0 radical (unpaired) electrons. The zero-order chi connectivity index (χ0) is 19.3. The maximum absolute atomic E-state index is 13.1. The Kier molecular flexibility index (Phi) is 6.79. The molecule has 2 rings (SSSR count). The molecule has 1 atom stereocenters. The lowest BCUT2D eigenvalue weighted by molar-refractivity contribution is -0.121. The molecule has 146 valence electrons. The first-order valence-corrected chi connectivity index (χ1v) is 9.92. The predicted molar refractivity (Wildman–Crippen MR) is 93.0 cm³/mol. The van der Waals surface area contributed by atoms with Crippen molar-refractivity contribution in [2.24, 2.45) is 5.73 Å². The second kappa shape index (κ2) is 8.65. The predicted octanol–water partition coefficient (Wildman–Crippen LogP) is 0.383. The van der Waals surface area contributed by atoms with Crippen molar-refractivity contribution in [3.63, 3.8) is 0 Å². The van der Waals surface area contributed by atoms with E-state index in [1.165, 1.54) is 24.4 Å². The summed E-state index contributed by atoms with van der Waals surface area (Å²) in [6.45, 7) is 2.29. The molecule has 0 aromatic carbocycles. The SMILES string of the molecule is COC(=O)c1cc(S(=O)(=O)N2CCCCC2CNC(=O)CCN)c(C)o1. The number of sulfonamides is 1. The van der Waals surface area contributed by atoms with Gasteiger partial charge in [0.15, 0.2) is 0 Å². The van der Waals surface area contributed by atoms with Crippen molar-refractivity contribution in [2.45, 2.75) is 43.5 Å². The number of nitrogens with zero attached hydrogens (tertiary/aromatic N) is 1. The van der Waals surface area contributed by atoms with Crippen LogP contribution >= 0.6 is 0 Å². The summed E-state index contributed by atoms with van der Waals surface area (Å²) < 4.78 is 37.4. The van der Waals surface area contributed by atoms with Gasteiger partial charge in [-0.25, -0.2) is 13.2 Å². The number of ether oxygens (including phenoxy) is 1. The van der Waals surface area contributed by atoms with Crippen molar-refractivity contribution in [3.8, 4) is 0 Å². The number of furan rings is 1. The molecule has 1 aromatic heterocycles. The number of methoxy groups -OCH3 is 1. The molecule has 1 aliphatic heterocycles. The largest absolute Gasteiger partial charge is 0.463 e. The molecule has 26 heavy (non-hydrogen) atoms. The summed E-state index contributed by atoms with van der Waals surface area (Å²) in [4.78, 5) is 23.2. The Labute approximate surface area is 152 Å². The summed E-state index contributed by atoms with van der Waals surface area (Å²) in [7, 11) is -2.67. The number of aryl methyl sites for hydroxylation is 1. The molecule has 9 nitrogen and oxygen atoms in total. The number of rotatable bonds is 7. The minimum absolute atomic E-state index is 0.0573. The van der Waals surface area contributed by atoms with Gasteiger partial charge in [0.05, 0.1) is 7.11 Å². The molecule has 3 N–H and O–H groups in total. The topological polar surface area (TPSA) is 132 Å². The number of hydrogen-bond acceptors (Lipinski definition) is 7. The van der Waals surface area contributed by atoms with Gasteiger partial charge in [-0.3, -0.25) is 4.79 Å². The monoisotopic (exact) mass is 387 g/mol. The Morgan fingerprint density at radius 1 is 1.42 bits per heavy atom. The number of piperidine rings is 1. The summed E-state index contributed by atoms with van der Waals surface area (Å²) >= 11 is 0. The molecule has 0 bridgehead atoms. The third-order valence-electron chi connectivity index (χ3n) is 4.32. The van der Waals surface area contributed by atoms with Gasteiger partial charge in [-0.1, -0.05) is 6.42 Å². The van der Waals surface area contributed by atoms with Crippen LogP contribution in [-0.2, 0) is 19.6 Å². The fourth-order valence-corrected chi connectivity index (χ4v) is 4.85. The minimum Gasteiger partial charge on any atom is -0.463 e. The highest BCUT2D eigenvalue weighted by Gasteiger charge is 2.36. The number of nitrogens with two attached hydrogens (primary N) is 1. The van der Waals surface area contributed by atoms with E-state index >= 15 is 0 Å². The Morgan fingerprint density at radius 2 is 2.15 bits per heavy atom. The van der Waals surface area contributed by atoms with Crippen LogP contribution in [0.25, 0.3) is 0 Å². The Morgan fingerprint density at radius 3 is 2.81 bits per heavy atom. The van der Waals surface area contributed by atoms with Gasteiger partial charge in [-0.15, -0.1) is 0 Å². The van der Waals surface area contributed by atoms with E-state index in [4.69, 9.17) is 10.2 Å². The number of nitrogens with one attached hydrogen (secondary N) is 1. The second-order valence-corrected chi connectivity index (χ2v) is 7.99. The number of amides is 1. The number of carbonyl (C=O) groups is 2. The van der Waals surface area contributed by atoms with E-state index in [0.717, 1.165) is 12.8 Å². The highest BCUT2D eigenvalue weighted by atomic mass is 32.2. The normalized spacial score (nSPS) is 18.5. The first-order valence-electron chi connectivity index (χ1n) is 8.48. The van der Waals surface area contributed by atoms with E-state index in [2.05, 4.69) is 10.1 Å². The van der Waals surface area contributed by atoms with E-state index < -0.39 is 16.0 Å². The van der Waals surface area contributed by atoms with Crippen LogP contribution in [0.1, 0.15) is 42.0 Å². The highest BCUT2D eigenvalue weighted by molar-refractivity contribution is 7.89. The van der Waals surface area contributed by atoms with Gasteiger partial charge >= 0.3 is 5.97 Å². The first-order chi connectivity index (χ1) is 12.3. The van der Waals surface area contributed by atoms with Crippen molar-refractivity contribution in [3.05, 3.63) is 17.6 Å². The summed E-state index contributed by atoms with van der Waals surface area (Å²) in [5, 5.41) is 2.73. The summed E-state index contributed by atoms with van der Waals surface area (Å²) in [5.41, 5.74) is 5.35. The van der Waals surface area contributed by atoms with E-state index in [1.54, 1.807) is 0 Å². The molecular formula is C16H25N3O6S. The quantitative estimate of drug-likeness (QED) is 0.647.